The van der Waals surface area contributed by atoms with Crippen molar-refractivity contribution in [3.63, 3.8) is 0 Å². The van der Waals surface area contributed by atoms with E-state index in [9.17, 15) is 9.59 Å². The maximum absolute atomic E-state index is 12.6. The molecule has 2 amide bonds. The average molecular weight is 366 g/mol. The van der Waals surface area contributed by atoms with Crippen LogP contribution in [-0.4, -0.2) is 21.6 Å². The van der Waals surface area contributed by atoms with Gasteiger partial charge in [-0.25, -0.2) is 0 Å². The lowest BCUT2D eigenvalue weighted by Crippen LogP contribution is -2.24. The molecule has 5 rings (SSSR count). The normalized spacial score (nSPS) is 14.9. The van der Waals surface area contributed by atoms with Crippen molar-refractivity contribution in [2.45, 2.75) is 26.2 Å². The van der Waals surface area contributed by atoms with E-state index in [0.29, 0.717) is 26.2 Å². The zero-order chi connectivity index (χ0) is 19.1. The molecule has 3 aromatic carbocycles. The van der Waals surface area contributed by atoms with Gasteiger partial charge in [0.2, 0.25) is 0 Å². The number of hydrogen-bond acceptors (Lipinski definition) is 2. The van der Waals surface area contributed by atoms with Crippen LogP contribution in [0.5, 0.6) is 0 Å². The monoisotopic (exact) mass is 366 g/mol. The summed E-state index contributed by atoms with van der Waals surface area (Å²) in [4.78, 5) is 28.9. The highest BCUT2D eigenvalue weighted by Crippen LogP contribution is 2.26. The van der Waals surface area contributed by atoms with Crippen LogP contribution in [0, 0.1) is 12.1 Å². The molecular weight excluding hydrogens is 348 g/mol. The minimum absolute atomic E-state index is 0.0378. The molecule has 0 radical (unpaired) electrons. The standard InChI is InChI=1S/C24H18N2O2/c27-23-21-10-3-1-8-19(21)15-25(23)13-17-6-5-7-18(12-17)14-26-16-20-9-2-4-11-22(20)24(26)28/h1,3,5-12H,13-16H2. The summed E-state index contributed by atoms with van der Waals surface area (Å²) in [6, 6.07) is 25.2. The summed E-state index contributed by atoms with van der Waals surface area (Å²) in [6.07, 6.45) is 0. The maximum atomic E-state index is 12.6. The Morgan fingerprint density at radius 1 is 0.714 bits per heavy atom. The second kappa shape index (κ2) is 6.54. The third-order valence-corrected chi connectivity index (χ3v) is 5.41. The van der Waals surface area contributed by atoms with Gasteiger partial charge in [0.25, 0.3) is 11.8 Å². The van der Waals surface area contributed by atoms with Crippen molar-refractivity contribution in [3.8, 4) is 0 Å². The first-order valence-electron chi connectivity index (χ1n) is 9.34. The number of amides is 2. The van der Waals surface area contributed by atoms with Gasteiger partial charge < -0.3 is 9.80 Å². The zero-order valence-corrected chi connectivity index (χ0v) is 15.3. The summed E-state index contributed by atoms with van der Waals surface area (Å²) in [5.41, 5.74) is 5.74. The second-order valence-electron chi connectivity index (χ2n) is 7.32. The quantitative estimate of drug-likeness (QED) is 0.708. The second-order valence-corrected chi connectivity index (χ2v) is 7.32. The summed E-state index contributed by atoms with van der Waals surface area (Å²) in [5, 5.41) is 0. The summed E-state index contributed by atoms with van der Waals surface area (Å²) in [6.45, 7) is 2.37. The Hall–Kier alpha value is -3.58. The van der Waals surface area contributed by atoms with Gasteiger partial charge in [-0.3, -0.25) is 9.59 Å². The Bertz CT molecular complexity index is 1010. The Kier molecular flexibility index (Phi) is 3.87. The van der Waals surface area contributed by atoms with Gasteiger partial charge in [-0.2, -0.15) is 0 Å². The summed E-state index contributed by atoms with van der Waals surface area (Å²) < 4.78 is 0. The molecule has 0 N–H and O–H groups in total. The molecule has 4 nitrogen and oxygen atoms in total. The van der Waals surface area contributed by atoms with Crippen molar-refractivity contribution in [1.29, 1.82) is 0 Å². The Morgan fingerprint density at radius 2 is 1.36 bits per heavy atom. The van der Waals surface area contributed by atoms with Crippen LogP contribution in [0.25, 0.3) is 0 Å². The molecule has 2 heterocycles. The molecule has 136 valence electrons. The summed E-state index contributed by atoms with van der Waals surface area (Å²) >= 11 is 0. The fourth-order valence-corrected chi connectivity index (χ4v) is 4.03. The van der Waals surface area contributed by atoms with Crippen LogP contribution in [0.2, 0.25) is 0 Å². The van der Waals surface area contributed by atoms with Gasteiger partial charge in [0.1, 0.15) is 0 Å². The number of hydrogen-bond donors (Lipinski definition) is 0. The molecule has 0 aliphatic carbocycles. The lowest BCUT2D eigenvalue weighted by atomic mass is 10.1. The first-order valence-corrected chi connectivity index (χ1v) is 9.34. The van der Waals surface area contributed by atoms with Gasteiger partial charge >= 0.3 is 0 Å². The van der Waals surface area contributed by atoms with Crippen LogP contribution in [0.15, 0.2) is 60.7 Å². The van der Waals surface area contributed by atoms with Gasteiger partial charge in [0.15, 0.2) is 0 Å². The SMILES string of the molecule is O=C1c2cc#ccc2CN1Cc1cccc(CN2Cc3ccccc3C2=O)c1. The molecule has 2 aliphatic heterocycles. The van der Waals surface area contributed by atoms with Crippen LogP contribution in [-0.2, 0) is 26.2 Å². The highest BCUT2D eigenvalue weighted by molar-refractivity contribution is 5.98. The van der Waals surface area contributed by atoms with Gasteiger partial charge in [-0.05, 0) is 34.4 Å². The number of fused-ring (bicyclic) bond motifs is 2. The molecule has 0 bridgehead atoms. The van der Waals surface area contributed by atoms with Crippen LogP contribution in [0.1, 0.15) is 43.0 Å². The lowest BCUT2D eigenvalue weighted by Gasteiger charge is -2.18. The fourth-order valence-electron chi connectivity index (χ4n) is 4.03. The first kappa shape index (κ1) is 16.6. The average Bonchev–Trinajstić information content (AvgIpc) is 3.20. The predicted octanol–water partition coefficient (Wildman–Crippen LogP) is 3.60. The number of benzene rings is 2. The zero-order valence-electron chi connectivity index (χ0n) is 15.3. The largest absolute Gasteiger partial charge is 0.330 e. The highest BCUT2D eigenvalue weighted by Gasteiger charge is 2.28. The minimum Gasteiger partial charge on any atom is -0.330 e. The van der Waals surface area contributed by atoms with Crippen molar-refractivity contribution in [1.82, 2.24) is 9.80 Å². The number of carbonyl (C=O) groups is 2. The number of nitrogens with zero attached hydrogens (tertiary/aromatic N) is 2. The van der Waals surface area contributed by atoms with Crippen molar-refractivity contribution in [2.75, 3.05) is 0 Å². The Balaban J connectivity index is 1.30. The topological polar surface area (TPSA) is 40.6 Å². The molecular formula is C24H18N2O2. The third-order valence-electron chi connectivity index (χ3n) is 5.41. The molecule has 0 aromatic heterocycles. The van der Waals surface area contributed by atoms with Gasteiger partial charge in [0.05, 0.1) is 5.56 Å². The Labute approximate surface area is 164 Å². The summed E-state index contributed by atoms with van der Waals surface area (Å²) in [5.74, 6) is 0.120. The molecule has 28 heavy (non-hydrogen) atoms. The lowest BCUT2D eigenvalue weighted by molar-refractivity contribution is 0.0762. The van der Waals surface area contributed by atoms with E-state index >= 15 is 0 Å². The van der Waals surface area contributed by atoms with E-state index in [1.54, 1.807) is 6.07 Å². The molecule has 0 fully saturated rings. The number of carbonyl (C=O) groups excluding carboxylic acids is 2. The van der Waals surface area contributed by atoms with Crippen LogP contribution >= 0.6 is 0 Å². The molecule has 4 heteroatoms. The predicted molar refractivity (Wildman–Crippen MR) is 104 cm³/mol. The van der Waals surface area contributed by atoms with Crippen LogP contribution in [0.3, 0.4) is 0 Å². The smallest absolute Gasteiger partial charge is 0.255 e. The minimum atomic E-state index is 0.0378. The van der Waals surface area contributed by atoms with Crippen molar-refractivity contribution >= 4 is 11.8 Å². The number of rotatable bonds is 4. The molecule has 0 atom stereocenters. The van der Waals surface area contributed by atoms with E-state index in [4.69, 9.17) is 0 Å². The van der Waals surface area contributed by atoms with Gasteiger partial charge in [0, 0.05) is 37.8 Å². The molecule has 0 unspecified atom stereocenters. The van der Waals surface area contributed by atoms with Crippen LogP contribution in [0.4, 0.5) is 0 Å². The van der Waals surface area contributed by atoms with E-state index < -0.39 is 0 Å². The van der Waals surface area contributed by atoms with Crippen molar-refractivity contribution in [2.24, 2.45) is 0 Å². The first-order chi connectivity index (χ1) is 13.7. The Morgan fingerprint density at radius 3 is 2.07 bits per heavy atom. The van der Waals surface area contributed by atoms with E-state index in [0.717, 1.165) is 33.4 Å². The van der Waals surface area contributed by atoms with Crippen molar-refractivity contribution in [3.05, 3.63) is 106 Å². The molecule has 0 saturated carbocycles. The van der Waals surface area contributed by atoms with E-state index in [1.807, 2.05) is 58.3 Å². The van der Waals surface area contributed by atoms with E-state index in [-0.39, 0.29) is 11.8 Å². The van der Waals surface area contributed by atoms with Gasteiger partial charge in [-0.15, -0.1) is 0 Å². The molecule has 0 saturated heterocycles. The van der Waals surface area contributed by atoms with Crippen molar-refractivity contribution < 1.29 is 9.59 Å². The maximum Gasteiger partial charge on any atom is 0.255 e. The fraction of sp³-hybridized carbons (Fsp3) is 0.167. The van der Waals surface area contributed by atoms with E-state index in [1.165, 1.54) is 0 Å². The molecule has 3 aromatic rings. The molecule has 2 aliphatic rings. The highest BCUT2D eigenvalue weighted by atomic mass is 16.2. The molecule has 0 spiro atoms. The summed E-state index contributed by atoms with van der Waals surface area (Å²) in [7, 11) is 0. The van der Waals surface area contributed by atoms with Crippen LogP contribution < -0.4 is 0 Å². The van der Waals surface area contributed by atoms with E-state index in [2.05, 4.69) is 18.2 Å². The van der Waals surface area contributed by atoms with Gasteiger partial charge in [-0.1, -0.05) is 54.6 Å². The third kappa shape index (κ3) is 2.82.